The van der Waals surface area contributed by atoms with Crippen molar-refractivity contribution in [2.45, 2.75) is 168 Å². The second-order valence-corrected chi connectivity index (χ2v) is 9.36. The molecule has 0 fully saturated rings. The van der Waals surface area contributed by atoms with Crippen molar-refractivity contribution in [2.24, 2.45) is 5.73 Å². The number of aliphatic carboxylic acids is 1. The molecule has 0 amide bonds. The fraction of sp³-hybridized carbons (Fsp3) is 0.964. The van der Waals surface area contributed by atoms with Crippen molar-refractivity contribution in [1.82, 2.24) is 0 Å². The smallest absolute Gasteiger partial charge is 0.303 e. The highest BCUT2D eigenvalue weighted by atomic mass is 16.4. The van der Waals surface area contributed by atoms with Gasteiger partial charge in [0, 0.05) is 6.42 Å². The SMILES string of the molecule is CCCCCCCCCCCCCCCC(=O)O.CCCCCCCCCCCCN. The molecule has 0 aromatic rings. The Hall–Kier alpha value is -0.570. The number of carboxylic acids is 1. The first-order valence-electron chi connectivity index (χ1n) is 14.1. The van der Waals surface area contributed by atoms with E-state index in [0.717, 1.165) is 19.4 Å². The molecule has 0 saturated heterocycles. The maximum atomic E-state index is 10.3. The zero-order valence-electron chi connectivity index (χ0n) is 21.6. The van der Waals surface area contributed by atoms with Gasteiger partial charge in [0.25, 0.3) is 0 Å². The second kappa shape index (κ2) is 31.6. The van der Waals surface area contributed by atoms with E-state index in [1.54, 1.807) is 0 Å². The lowest BCUT2D eigenvalue weighted by molar-refractivity contribution is -0.137. The van der Waals surface area contributed by atoms with E-state index in [9.17, 15) is 4.79 Å². The fourth-order valence-corrected chi connectivity index (χ4v) is 3.93. The van der Waals surface area contributed by atoms with Gasteiger partial charge in [-0.1, -0.05) is 149 Å². The minimum atomic E-state index is -0.655. The van der Waals surface area contributed by atoms with Crippen molar-refractivity contribution in [2.75, 3.05) is 6.54 Å². The predicted octanol–water partition coefficient (Wildman–Crippen LogP) is 9.42. The summed E-state index contributed by atoms with van der Waals surface area (Å²) in [6, 6.07) is 0. The zero-order chi connectivity index (χ0) is 23.3. The van der Waals surface area contributed by atoms with Gasteiger partial charge in [-0.2, -0.15) is 0 Å². The molecule has 0 saturated carbocycles. The van der Waals surface area contributed by atoms with Crippen LogP contribution in [0.2, 0.25) is 0 Å². The fourth-order valence-electron chi connectivity index (χ4n) is 3.93. The van der Waals surface area contributed by atoms with Gasteiger partial charge in [-0.05, 0) is 19.4 Å². The predicted molar refractivity (Wildman–Crippen MR) is 139 cm³/mol. The lowest BCUT2D eigenvalue weighted by Crippen LogP contribution is -1.97. The first-order valence-corrected chi connectivity index (χ1v) is 14.1. The highest BCUT2D eigenvalue weighted by molar-refractivity contribution is 5.66. The number of hydrogen-bond acceptors (Lipinski definition) is 2. The van der Waals surface area contributed by atoms with Crippen LogP contribution in [0, 0.1) is 0 Å². The highest BCUT2D eigenvalue weighted by Gasteiger charge is 1.97. The summed E-state index contributed by atoms with van der Waals surface area (Å²) < 4.78 is 0. The third-order valence-corrected chi connectivity index (χ3v) is 6.05. The van der Waals surface area contributed by atoms with Crippen LogP contribution < -0.4 is 5.73 Å². The Morgan fingerprint density at radius 2 is 0.742 bits per heavy atom. The first-order chi connectivity index (χ1) is 15.2. The summed E-state index contributed by atoms with van der Waals surface area (Å²) in [6.45, 7) is 5.40. The first kappa shape index (κ1) is 32.6. The summed E-state index contributed by atoms with van der Waals surface area (Å²) >= 11 is 0. The van der Waals surface area contributed by atoms with Gasteiger partial charge in [-0.15, -0.1) is 0 Å². The molecule has 0 atom stereocenters. The summed E-state index contributed by atoms with van der Waals surface area (Å²) in [7, 11) is 0. The molecule has 188 valence electrons. The number of nitrogens with two attached hydrogens (primary N) is 1. The summed E-state index contributed by atoms with van der Waals surface area (Å²) in [5.41, 5.74) is 5.42. The Kier molecular flexibility index (Phi) is 33.3. The molecule has 0 radical (unpaired) electrons. The van der Waals surface area contributed by atoms with Crippen LogP contribution in [-0.4, -0.2) is 17.6 Å². The van der Waals surface area contributed by atoms with E-state index in [4.69, 9.17) is 10.8 Å². The minimum absolute atomic E-state index is 0.345. The molecule has 0 heterocycles. The van der Waals surface area contributed by atoms with E-state index < -0.39 is 5.97 Å². The van der Waals surface area contributed by atoms with Crippen molar-refractivity contribution in [3.63, 3.8) is 0 Å². The van der Waals surface area contributed by atoms with Crippen molar-refractivity contribution < 1.29 is 9.90 Å². The minimum Gasteiger partial charge on any atom is -0.481 e. The van der Waals surface area contributed by atoms with Crippen molar-refractivity contribution in [1.29, 1.82) is 0 Å². The van der Waals surface area contributed by atoms with Crippen LogP contribution in [-0.2, 0) is 4.79 Å². The number of hydrogen-bond donors (Lipinski definition) is 2. The molecule has 0 aromatic carbocycles. The number of rotatable bonds is 24. The van der Waals surface area contributed by atoms with E-state index in [1.165, 1.54) is 135 Å². The molecule has 0 aliphatic rings. The number of carbonyl (C=O) groups is 1. The van der Waals surface area contributed by atoms with Crippen LogP contribution in [0.1, 0.15) is 168 Å². The van der Waals surface area contributed by atoms with Crippen LogP contribution in [0.5, 0.6) is 0 Å². The molecule has 0 aromatic heterocycles. The van der Waals surface area contributed by atoms with Gasteiger partial charge < -0.3 is 10.8 Å². The summed E-state index contributed by atoms with van der Waals surface area (Å²) in [6.07, 6.45) is 31.2. The van der Waals surface area contributed by atoms with Crippen LogP contribution in [0.15, 0.2) is 0 Å². The lowest BCUT2D eigenvalue weighted by Gasteiger charge is -2.02. The standard InChI is InChI=1S/C16H32O2.C12H27N/c1-2-3-4-5-6-7-8-9-10-11-12-13-14-15-16(17)18;1-2-3-4-5-6-7-8-9-10-11-12-13/h2-15H2,1H3,(H,17,18);2-13H2,1H3. The van der Waals surface area contributed by atoms with Gasteiger partial charge >= 0.3 is 5.97 Å². The zero-order valence-corrected chi connectivity index (χ0v) is 21.6. The van der Waals surface area contributed by atoms with Gasteiger partial charge in [0.05, 0.1) is 0 Å². The molecule has 0 aliphatic heterocycles. The summed E-state index contributed by atoms with van der Waals surface area (Å²) in [4.78, 5) is 10.3. The Morgan fingerprint density at radius 1 is 0.484 bits per heavy atom. The maximum Gasteiger partial charge on any atom is 0.303 e. The number of unbranched alkanes of at least 4 members (excludes halogenated alkanes) is 21. The molecule has 0 spiro atoms. The van der Waals surface area contributed by atoms with Crippen molar-refractivity contribution in [3.8, 4) is 0 Å². The van der Waals surface area contributed by atoms with Gasteiger partial charge in [0.15, 0.2) is 0 Å². The van der Waals surface area contributed by atoms with Gasteiger partial charge in [-0.3, -0.25) is 4.79 Å². The van der Waals surface area contributed by atoms with Crippen LogP contribution in [0.3, 0.4) is 0 Å². The van der Waals surface area contributed by atoms with Crippen molar-refractivity contribution >= 4 is 5.97 Å². The highest BCUT2D eigenvalue weighted by Crippen LogP contribution is 2.13. The summed E-state index contributed by atoms with van der Waals surface area (Å²) in [5, 5.41) is 8.49. The Labute approximate surface area is 196 Å². The van der Waals surface area contributed by atoms with Gasteiger partial charge in [0.1, 0.15) is 0 Å². The Balaban J connectivity index is 0. The monoisotopic (exact) mass is 441 g/mol. The lowest BCUT2D eigenvalue weighted by atomic mass is 10.0. The van der Waals surface area contributed by atoms with E-state index in [1.807, 2.05) is 0 Å². The molecule has 3 N–H and O–H groups in total. The van der Waals surface area contributed by atoms with Crippen molar-refractivity contribution in [3.05, 3.63) is 0 Å². The van der Waals surface area contributed by atoms with Crippen LogP contribution >= 0.6 is 0 Å². The van der Waals surface area contributed by atoms with Crippen LogP contribution in [0.25, 0.3) is 0 Å². The number of carboxylic acid groups (broad SMARTS) is 1. The largest absolute Gasteiger partial charge is 0.481 e. The molecule has 31 heavy (non-hydrogen) atoms. The average Bonchev–Trinajstić information content (AvgIpc) is 2.76. The van der Waals surface area contributed by atoms with Gasteiger partial charge in [0.2, 0.25) is 0 Å². The molecule has 0 aliphatic carbocycles. The maximum absolute atomic E-state index is 10.3. The second-order valence-electron chi connectivity index (χ2n) is 9.36. The molecule has 0 bridgehead atoms. The Morgan fingerprint density at radius 3 is 1.00 bits per heavy atom. The molecule has 0 rings (SSSR count). The molecule has 0 unspecified atom stereocenters. The molecule has 3 heteroatoms. The summed E-state index contributed by atoms with van der Waals surface area (Å²) in [5.74, 6) is -0.655. The average molecular weight is 442 g/mol. The molecule has 3 nitrogen and oxygen atoms in total. The Bertz CT molecular complexity index is 310. The van der Waals surface area contributed by atoms with E-state index in [0.29, 0.717) is 6.42 Å². The topological polar surface area (TPSA) is 63.3 Å². The van der Waals surface area contributed by atoms with E-state index >= 15 is 0 Å². The molecular formula is C28H59NO2. The third kappa shape index (κ3) is 37.1. The van der Waals surface area contributed by atoms with Crippen LogP contribution in [0.4, 0.5) is 0 Å². The van der Waals surface area contributed by atoms with Gasteiger partial charge in [-0.25, -0.2) is 0 Å². The van der Waals surface area contributed by atoms with E-state index in [2.05, 4.69) is 13.8 Å². The quantitative estimate of drug-likeness (QED) is 0.147. The normalized spacial score (nSPS) is 10.7. The molecular weight excluding hydrogens is 382 g/mol. The third-order valence-electron chi connectivity index (χ3n) is 6.05. The van der Waals surface area contributed by atoms with E-state index in [-0.39, 0.29) is 0 Å².